The molecule has 10 heteroatoms. The van der Waals surface area contributed by atoms with E-state index in [1.807, 2.05) is 52.5 Å². The average molecular weight is 476 g/mol. The van der Waals surface area contributed by atoms with Crippen LogP contribution in [0.15, 0.2) is 70.8 Å². The minimum absolute atomic E-state index is 0.174. The molecular weight excluding hydrogens is 454 g/mol. The summed E-state index contributed by atoms with van der Waals surface area (Å²) in [7, 11) is 1.57. The number of thiophene rings is 1. The Hall–Kier alpha value is -4.18. The Labute approximate surface area is 199 Å². The zero-order valence-electron chi connectivity index (χ0n) is 18.3. The molecule has 0 aliphatic heterocycles. The number of amides is 1. The van der Waals surface area contributed by atoms with E-state index >= 15 is 0 Å². The second-order valence-electron chi connectivity index (χ2n) is 7.39. The fourth-order valence-electron chi connectivity index (χ4n) is 3.38. The van der Waals surface area contributed by atoms with Crippen molar-refractivity contribution in [1.82, 2.24) is 19.5 Å². The van der Waals surface area contributed by atoms with Crippen LogP contribution in [0.5, 0.6) is 11.5 Å². The summed E-state index contributed by atoms with van der Waals surface area (Å²) in [4.78, 5) is 22.3. The van der Waals surface area contributed by atoms with E-state index in [2.05, 4.69) is 20.4 Å². The van der Waals surface area contributed by atoms with Crippen molar-refractivity contribution in [2.45, 2.75) is 19.4 Å². The largest absolute Gasteiger partial charge is 0.493 e. The predicted octanol–water partition coefficient (Wildman–Crippen LogP) is 4.60. The monoisotopic (exact) mass is 475 g/mol. The van der Waals surface area contributed by atoms with E-state index in [-0.39, 0.29) is 18.9 Å². The smallest absolute Gasteiger partial charge is 0.227 e. The van der Waals surface area contributed by atoms with Crippen LogP contribution >= 0.6 is 11.3 Å². The van der Waals surface area contributed by atoms with Crippen molar-refractivity contribution in [1.29, 1.82) is 0 Å². The van der Waals surface area contributed by atoms with Crippen LogP contribution in [0.2, 0.25) is 0 Å². The van der Waals surface area contributed by atoms with Gasteiger partial charge < -0.3 is 23.7 Å². The molecule has 0 aliphatic carbocycles. The Morgan fingerprint density at radius 2 is 2.09 bits per heavy atom. The molecule has 0 radical (unpaired) electrons. The summed E-state index contributed by atoms with van der Waals surface area (Å²) < 4.78 is 18.5. The Morgan fingerprint density at radius 3 is 2.91 bits per heavy atom. The molecule has 5 rings (SSSR count). The van der Waals surface area contributed by atoms with Gasteiger partial charge in [-0.3, -0.25) is 4.79 Å². The van der Waals surface area contributed by atoms with Crippen molar-refractivity contribution in [3.63, 3.8) is 0 Å². The lowest BCUT2D eigenvalue weighted by atomic mass is 10.2. The van der Waals surface area contributed by atoms with E-state index in [0.717, 1.165) is 16.2 Å². The number of hydrogen-bond acceptors (Lipinski definition) is 8. The summed E-state index contributed by atoms with van der Waals surface area (Å²) in [6.45, 7) is 0.263. The number of carbonyl (C=O) groups is 1. The highest BCUT2D eigenvalue weighted by molar-refractivity contribution is 7.13. The van der Waals surface area contributed by atoms with Crippen molar-refractivity contribution >= 4 is 28.6 Å². The molecule has 4 heterocycles. The van der Waals surface area contributed by atoms with Crippen LogP contribution in [-0.2, 0) is 17.8 Å². The minimum Gasteiger partial charge on any atom is -0.493 e. The van der Waals surface area contributed by atoms with Crippen LogP contribution in [-0.4, -0.2) is 32.5 Å². The number of ether oxygens (including phenoxy) is 2. The summed E-state index contributed by atoms with van der Waals surface area (Å²) >= 11 is 1.53. The van der Waals surface area contributed by atoms with Gasteiger partial charge in [-0.05, 0) is 35.7 Å². The Morgan fingerprint density at radius 1 is 1.15 bits per heavy atom. The van der Waals surface area contributed by atoms with Gasteiger partial charge in [-0.1, -0.05) is 17.3 Å². The molecule has 0 aliphatic rings. The fourth-order valence-corrected chi connectivity index (χ4v) is 4.03. The Bertz CT molecular complexity index is 1380. The van der Waals surface area contributed by atoms with E-state index in [1.54, 1.807) is 25.3 Å². The maximum absolute atomic E-state index is 12.5. The second kappa shape index (κ2) is 9.75. The number of nitrogens with zero attached hydrogens (tertiary/aromatic N) is 4. The van der Waals surface area contributed by atoms with E-state index in [9.17, 15) is 4.79 Å². The molecule has 34 heavy (non-hydrogen) atoms. The highest BCUT2D eigenvalue weighted by atomic mass is 32.1. The summed E-state index contributed by atoms with van der Waals surface area (Å²) in [6, 6.07) is 14.9. The number of rotatable bonds is 9. The molecule has 1 N–H and O–H groups in total. The van der Waals surface area contributed by atoms with Gasteiger partial charge in [-0.15, -0.1) is 11.3 Å². The van der Waals surface area contributed by atoms with E-state index in [0.29, 0.717) is 35.3 Å². The quantitative estimate of drug-likeness (QED) is 0.332. The first-order valence-electron chi connectivity index (χ1n) is 10.6. The molecule has 9 nitrogen and oxygen atoms in total. The molecule has 172 valence electrons. The highest BCUT2D eigenvalue weighted by Gasteiger charge is 2.13. The zero-order chi connectivity index (χ0) is 23.3. The van der Waals surface area contributed by atoms with Gasteiger partial charge >= 0.3 is 0 Å². The van der Waals surface area contributed by atoms with Gasteiger partial charge in [0.15, 0.2) is 11.5 Å². The standard InChI is InChI=1S/C24H21N5O4S/c1-31-18-8-7-16(13-19(18)32-15-17-14-29-11-3-2-6-21(29)25-17)26-22(30)9-10-23-27-24(28-33-23)20-5-4-12-34-20/h2-8,11-14H,9-10,15H2,1H3,(H,26,30). The summed E-state index contributed by atoms with van der Waals surface area (Å²) in [5.41, 5.74) is 2.22. The van der Waals surface area contributed by atoms with Crippen LogP contribution in [0, 0.1) is 0 Å². The number of imidazole rings is 1. The van der Waals surface area contributed by atoms with Gasteiger partial charge in [0.2, 0.25) is 17.6 Å². The van der Waals surface area contributed by atoms with E-state index in [1.165, 1.54) is 11.3 Å². The number of carbonyl (C=O) groups excluding carboxylic acids is 1. The van der Waals surface area contributed by atoms with Gasteiger partial charge in [0.05, 0.1) is 17.7 Å². The molecule has 0 saturated heterocycles. The lowest BCUT2D eigenvalue weighted by Crippen LogP contribution is -2.12. The van der Waals surface area contributed by atoms with Crippen LogP contribution < -0.4 is 14.8 Å². The number of nitrogens with one attached hydrogen (secondary N) is 1. The summed E-state index contributed by atoms with van der Waals surface area (Å²) in [5, 5.41) is 8.79. The maximum Gasteiger partial charge on any atom is 0.227 e. The number of pyridine rings is 1. The number of aromatic nitrogens is 4. The van der Waals surface area contributed by atoms with Crippen molar-refractivity contribution in [2.24, 2.45) is 0 Å². The molecule has 0 saturated carbocycles. The molecule has 1 amide bonds. The van der Waals surface area contributed by atoms with Crippen molar-refractivity contribution in [3.05, 3.63) is 77.9 Å². The zero-order valence-corrected chi connectivity index (χ0v) is 19.1. The first-order valence-corrected chi connectivity index (χ1v) is 11.5. The fraction of sp³-hybridized carbons (Fsp3) is 0.167. The molecule has 0 fully saturated rings. The van der Waals surface area contributed by atoms with Crippen molar-refractivity contribution < 1.29 is 18.8 Å². The number of fused-ring (bicyclic) bond motifs is 1. The van der Waals surface area contributed by atoms with Gasteiger partial charge in [0.1, 0.15) is 12.3 Å². The minimum atomic E-state index is -0.174. The second-order valence-corrected chi connectivity index (χ2v) is 8.34. The normalized spacial score (nSPS) is 11.0. The molecule has 0 unspecified atom stereocenters. The van der Waals surface area contributed by atoms with Gasteiger partial charge in [0.25, 0.3) is 0 Å². The summed E-state index contributed by atoms with van der Waals surface area (Å²) in [6.07, 6.45) is 4.39. The molecular formula is C24H21N5O4S. The third-order valence-electron chi connectivity index (χ3n) is 5.01. The van der Waals surface area contributed by atoms with Crippen LogP contribution in [0.1, 0.15) is 18.0 Å². The van der Waals surface area contributed by atoms with Crippen LogP contribution in [0.4, 0.5) is 5.69 Å². The number of methoxy groups -OCH3 is 1. The number of hydrogen-bond donors (Lipinski definition) is 1. The molecule has 0 bridgehead atoms. The van der Waals surface area contributed by atoms with Gasteiger partial charge in [-0.25, -0.2) is 4.98 Å². The Balaban J connectivity index is 1.19. The molecule has 5 aromatic rings. The number of aryl methyl sites for hydroxylation is 1. The van der Waals surface area contributed by atoms with Gasteiger partial charge in [-0.2, -0.15) is 4.98 Å². The lowest BCUT2D eigenvalue weighted by molar-refractivity contribution is -0.116. The third kappa shape index (κ3) is 4.91. The average Bonchev–Trinajstić information content (AvgIpc) is 3.61. The molecule has 4 aromatic heterocycles. The molecule has 0 atom stereocenters. The van der Waals surface area contributed by atoms with Crippen LogP contribution in [0.25, 0.3) is 16.3 Å². The van der Waals surface area contributed by atoms with Crippen molar-refractivity contribution in [3.8, 4) is 22.2 Å². The van der Waals surface area contributed by atoms with Crippen molar-refractivity contribution in [2.75, 3.05) is 12.4 Å². The first-order chi connectivity index (χ1) is 16.7. The predicted molar refractivity (Wildman–Crippen MR) is 127 cm³/mol. The maximum atomic E-state index is 12.5. The lowest BCUT2D eigenvalue weighted by Gasteiger charge is -2.12. The number of benzene rings is 1. The highest BCUT2D eigenvalue weighted by Crippen LogP contribution is 2.31. The number of anilines is 1. The molecule has 1 aromatic carbocycles. The topological polar surface area (TPSA) is 104 Å². The summed E-state index contributed by atoms with van der Waals surface area (Å²) in [5.74, 6) is 1.86. The molecule has 0 spiro atoms. The van der Waals surface area contributed by atoms with E-state index < -0.39 is 0 Å². The third-order valence-corrected chi connectivity index (χ3v) is 5.88. The van der Waals surface area contributed by atoms with Gasteiger partial charge in [0, 0.05) is 37.0 Å². The van der Waals surface area contributed by atoms with Crippen LogP contribution in [0.3, 0.4) is 0 Å². The Kier molecular flexibility index (Phi) is 6.21. The van der Waals surface area contributed by atoms with E-state index in [4.69, 9.17) is 14.0 Å². The SMILES string of the molecule is COc1ccc(NC(=O)CCc2nc(-c3cccs3)no2)cc1OCc1cn2ccccc2n1. The first kappa shape index (κ1) is 21.7.